The molecular weight excluding hydrogens is 438 g/mol. The van der Waals surface area contributed by atoms with Gasteiger partial charge >= 0.3 is 0 Å². The highest BCUT2D eigenvalue weighted by molar-refractivity contribution is 6.15. The summed E-state index contributed by atoms with van der Waals surface area (Å²) >= 11 is 0. The first-order chi connectivity index (χ1) is 17.9. The summed E-state index contributed by atoms with van der Waals surface area (Å²) in [6, 6.07) is 45.4. The minimum absolute atomic E-state index is 0.965. The van der Waals surface area contributed by atoms with Crippen molar-refractivity contribution < 1.29 is 0 Å². The average molecular weight is 460 g/mol. The number of rotatable bonds is 1. The number of nitrogens with zero attached hydrogens (tertiary/aromatic N) is 3. The molecule has 8 rings (SSSR count). The first-order valence-corrected chi connectivity index (χ1v) is 12.3. The molecule has 0 unspecified atom stereocenters. The molecule has 0 fully saturated rings. The fourth-order valence-corrected chi connectivity index (χ4v) is 5.76. The Morgan fingerprint density at radius 2 is 1.11 bits per heavy atom. The van der Waals surface area contributed by atoms with Gasteiger partial charge in [0.15, 0.2) is 0 Å². The second kappa shape index (κ2) is 7.30. The van der Waals surface area contributed by atoms with Gasteiger partial charge in [0.1, 0.15) is 5.82 Å². The third-order valence-corrected chi connectivity index (χ3v) is 7.30. The van der Waals surface area contributed by atoms with Crippen LogP contribution in [0.15, 0.2) is 127 Å². The molecule has 7 aromatic rings. The van der Waals surface area contributed by atoms with Crippen molar-refractivity contribution in [1.29, 1.82) is 0 Å². The quantitative estimate of drug-likeness (QED) is 0.229. The summed E-state index contributed by atoms with van der Waals surface area (Å²) < 4.78 is 2.31. The van der Waals surface area contributed by atoms with Crippen LogP contribution in [0.5, 0.6) is 0 Å². The van der Waals surface area contributed by atoms with E-state index in [0.29, 0.717) is 0 Å². The topological polar surface area (TPSA) is 21.1 Å². The summed E-state index contributed by atoms with van der Waals surface area (Å²) in [6.07, 6.45) is 0. The predicted octanol–water partition coefficient (Wildman–Crippen LogP) is 8.78. The van der Waals surface area contributed by atoms with E-state index in [2.05, 4.69) is 137 Å². The molecule has 0 spiro atoms. The molecule has 0 N–H and O–H groups in total. The number of aromatic nitrogens is 2. The molecular formula is C33H21N3. The lowest BCUT2D eigenvalue weighted by Gasteiger charge is -2.28. The van der Waals surface area contributed by atoms with Gasteiger partial charge in [-0.15, -0.1) is 0 Å². The summed E-state index contributed by atoms with van der Waals surface area (Å²) in [6.45, 7) is 0. The van der Waals surface area contributed by atoms with Crippen LogP contribution in [0.25, 0.3) is 49.7 Å². The normalized spacial score (nSPS) is 12.4. The molecule has 168 valence electrons. The Balaban J connectivity index is 1.55. The zero-order valence-corrected chi connectivity index (χ0v) is 19.5. The Kier molecular flexibility index (Phi) is 3.94. The van der Waals surface area contributed by atoms with E-state index in [-0.39, 0.29) is 0 Å². The zero-order chi connectivity index (χ0) is 23.6. The first kappa shape index (κ1) is 19.4. The van der Waals surface area contributed by atoms with Gasteiger partial charge in [0.25, 0.3) is 0 Å². The molecule has 6 aromatic carbocycles. The average Bonchev–Trinajstić information content (AvgIpc) is 3.28. The monoisotopic (exact) mass is 459 g/mol. The molecule has 1 aliphatic rings. The van der Waals surface area contributed by atoms with Crippen molar-refractivity contribution >= 4 is 49.6 Å². The van der Waals surface area contributed by atoms with Crippen LogP contribution in [0.4, 0.5) is 17.1 Å². The smallest absolute Gasteiger partial charge is 0.147 e. The molecule has 1 aromatic heterocycles. The van der Waals surface area contributed by atoms with Crippen LogP contribution in [0.3, 0.4) is 0 Å². The lowest BCUT2D eigenvalue weighted by Crippen LogP contribution is -2.12. The van der Waals surface area contributed by atoms with Gasteiger partial charge in [0, 0.05) is 10.9 Å². The fraction of sp³-hybridized carbons (Fsp3) is 0. The highest BCUT2D eigenvalue weighted by atomic mass is 15.2. The largest absolute Gasteiger partial charge is 0.307 e. The lowest BCUT2D eigenvalue weighted by atomic mass is 9.98. The Bertz CT molecular complexity index is 1960. The maximum Gasteiger partial charge on any atom is 0.147 e. The summed E-state index contributed by atoms with van der Waals surface area (Å²) in [5.74, 6) is 0.965. The number of fused-ring (bicyclic) bond motifs is 10. The van der Waals surface area contributed by atoms with Crippen LogP contribution in [-0.2, 0) is 0 Å². The van der Waals surface area contributed by atoms with Gasteiger partial charge in [0.05, 0.1) is 33.8 Å². The number of anilines is 3. The van der Waals surface area contributed by atoms with Crippen molar-refractivity contribution in [3.8, 4) is 17.1 Å². The van der Waals surface area contributed by atoms with Crippen molar-refractivity contribution in [3.63, 3.8) is 0 Å². The Morgan fingerprint density at radius 3 is 2.00 bits per heavy atom. The van der Waals surface area contributed by atoms with E-state index in [4.69, 9.17) is 4.98 Å². The van der Waals surface area contributed by atoms with Crippen LogP contribution >= 0.6 is 0 Å². The van der Waals surface area contributed by atoms with Crippen molar-refractivity contribution in [2.75, 3.05) is 4.90 Å². The second-order valence-electron chi connectivity index (χ2n) is 9.26. The number of hydrogen-bond acceptors (Lipinski definition) is 2. The third-order valence-electron chi connectivity index (χ3n) is 7.30. The van der Waals surface area contributed by atoms with E-state index in [9.17, 15) is 0 Å². The number of para-hydroxylation sites is 5. The number of imidazole rings is 1. The molecule has 36 heavy (non-hydrogen) atoms. The molecule has 0 amide bonds. The molecule has 0 atom stereocenters. The molecule has 3 nitrogen and oxygen atoms in total. The maximum absolute atomic E-state index is 5.13. The number of benzene rings is 6. The van der Waals surface area contributed by atoms with Crippen LogP contribution in [0, 0.1) is 0 Å². The van der Waals surface area contributed by atoms with E-state index in [1.54, 1.807) is 0 Å². The molecule has 0 saturated heterocycles. The van der Waals surface area contributed by atoms with Crippen molar-refractivity contribution in [2.24, 2.45) is 0 Å². The molecule has 0 radical (unpaired) electrons. The van der Waals surface area contributed by atoms with Crippen LogP contribution in [-0.4, -0.2) is 9.55 Å². The first-order valence-electron chi connectivity index (χ1n) is 12.3. The van der Waals surface area contributed by atoms with Crippen LogP contribution in [0.1, 0.15) is 0 Å². The van der Waals surface area contributed by atoms with Crippen molar-refractivity contribution in [3.05, 3.63) is 127 Å². The SMILES string of the molecule is c1ccc2c(c1)-c1nc3ccccc3n1-c1ccccc1N2c1cc2ccccc2c2ccccc12. The van der Waals surface area contributed by atoms with Gasteiger partial charge in [-0.3, -0.25) is 4.57 Å². The van der Waals surface area contributed by atoms with E-state index in [0.717, 1.165) is 39.5 Å². The minimum Gasteiger partial charge on any atom is -0.307 e. The summed E-state index contributed by atoms with van der Waals surface area (Å²) in [4.78, 5) is 7.55. The Hall–Kier alpha value is -4.89. The van der Waals surface area contributed by atoms with Gasteiger partial charge in [0.2, 0.25) is 0 Å². The zero-order valence-electron chi connectivity index (χ0n) is 19.5. The van der Waals surface area contributed by atoms with Gasteiger partial charge < -0.3 is 4.90 Å². The third kappa shape index (κ3) is 2.60. The summed E-state index contributed by atoms with van der Waals surface area (Å²) in [5.41, 5.74) is 7.77. The Morgan fingerprint density at radius 1 is 0.472 bits per heavy atom. The Labute approximate surface area is 208 Å². The van der Waals surface area contributed by atoms with E-state index >= 15 is 0 Å². The minimum atomic E-state index is 0.965. The summed E-state index contributed by atoms with van der Waals surface area (Å²) in [5, 5.41) is 4.99. The highest BCUT2D eigenvalue weighted by Gasteiger charge is 2.29. The van der Waals surface area contributed by atoms with E-state index in [1.807, 2.05) is 0 Å². The van der Waals surface area contributed by atoms with Crippen LogP contribution < -0.4 is 4.90 Å². The van der Waals surface area contributed by atoms with Gasteiger partial charge in [-0.2, -0.15) is 0 Å². The molecule has 0 aliphatic carbocycles. The van der Waals surface area contributed by atoms with Crippen molar-refractivity contribution in [2.45, 2.75) is 0 Å². The maximum atomic E-state index is 5.13. The lowest BCUT2D eigenvalue weighted by molar-refractivity contribution is 1.11. The molecule has 0 saturated carbocycles. The van der Waals surface area contributed by atoms with Gasteiger partial charge in [-0.05, 0) is 58.6 Å². The highest BCUT2D eigenvalue weighted by Crippen LogP contribution is 2.49. The van der Waals surface area contributed by atoms with Crippen LogP contribution in [0.2, 0.25) is 0 Å². The molecule has 3 heteroatoms. The predicted molar refractivity (Wildman–Crippen MR) is 150 cm³/mol. The number of hydrogen-bond donors (Lipinski definition) is 0. The molecule has 1 aliphatic heterocycles. The van der Waals surface area contributed by atoms with E-state index < -0.39 is 0 Å². The van der Waals surface area contributed by atoms with E-state index in [1.165, 1.54) is 27.2 Å². The molecule has 0 bridgehead atoms. The van der Waals surface area contributed by atoms with Gasteiger partial charge in [-0.25, -0.2) is 4.98 Å². The van der Waals surface area contributed by atoms with Crippen molar-refractivity contribution in [1.82, 2.24) is 9.55 Å². The standard InChI is InChI=1S/C33H21N3/c1-2-12-23-22(11-1)21-32(25-14-4-3-13-24(23)25)35-28-17-7-5-15-26(28)33-34-27-16-6-8-18-29(27)36(33)31-20-10-9-19-30(31)35/h1-21H. The second-order valence-corrected chi connectivity index (χ2v) is 9.26. The van der Waals surface area contributed by atoms with Gasteiger partial charge in [-0.1, -0.05) is 84.9 Å². The summed E-state index contributed by atoms with van der Waals surface area (Å²) in [7, 11) is 0. The molecule has 2 heterocycles. The fourth-order valence-electron chi connectivity index (χ4n) is 5.76.